The van der Waals surface area contributed by atoms with Crippen LogP contribution in [0.3, 0.4) is 0 Å². The number of aliphatic carboxylic acids is 1. The van der Waals surface area contributed by atoms with Gasteiger partial charge in [-0.3, -0.25) is 9.10 Å². The van der Waals surface area contributed by atoms with Crippen molar-refractivity contribution in [2.45, 2.75) is 11.3 Å². The van der Waals surface area contributed by atoms with E-state index >= 15 is 0 Å². The smallest absolute Gasteiger partial charge is 0.337 e. The molecule has 0 radical (unpaired) electrons. The normalized spacial score (nSPS) is 11.2. The highest BCUT2D eigenvalue weighted by Crippen LogP contribution is 2.28. The molecule has 0 aromatic heterocycles. The number of hydrogen-bond donors (Lipinski definition) is 2. The molecule has 0 saturated carbocycles. The van der Waals surface area contributed by atoms with Crippen molar-refractivity contribution in [1.29, 1.82) is 0 Å². The summed E-state index contributed by atoms with van der Waals surface area (Å²) in [6.07, 6.45) is -0.474. The Morgan fingerprint density at radius 2 is 1.62 bits per heavy atom. The summed E-state index contributed by atoms with van der Waals surface area (Å²) < 4.78 is 26.7. The van der Waals surface area contributed by atoms with Gasteiger partial charge in [0.05, 0.1) is 27.6 Å². The fourth-order valence-electron chi connectivity index (χ4n) is 2.15. The fraction of sp³-hybridized carbons (Fsp3) is 0.125. The molecule has 0 bridgehead atoms. The third-order valence-corrected chi connectivity index (χ3v) is 5.82. The zero-order chi connectivity index (χ0) is 19.5. The van der Waals surface area contributed by atoms with Gasteiger partial charge in [0.15, 0.2) is 0 Å². The number of carboxylic acids is 2. The van der Waals surface area contributed by atoms with E-state index in [1.165, 1.54) is 36.4 Å². The molecule has 10 heteroatoms. The minimum Gasteiger partial charge on any atom is -0.481 e. The number of halogens is 2. The lowest BCUT2D eigenvalue weighted by atomic mass is 10.2. The summed E-state index contributed by atoms with van der Waals surface area (Å²) in [6, 6.07) is 8.96. The van der Waals surface area contributed by atoms with E-state index in [0.717, 1.165) is 10.4 Å². The van der Waals surface area contributed by atoms with Crippen LogP contribution in [0.5, 0.6) is 0 Å². The highest BCUT2D eigenvalue weighted by atomic mass is 35.5. The first-order valence-corrected chi connectivity index (χ1v) is 9.35. The van der Waals surface area contributed by atoms with Gasteiger partial charge in [0.2, 0.25) is 0 Å². The van der Waals surface area contributed by atoms with Crippen molar-refractivity contribution in [3.05, 3.63) is 58.1 Å². The zero-order valence-corrected chi connectivity index (χ0v) is 15.4. The van der Waals surface area contributed by atoms with Crippen molar-refractivity contribution in [3.8, 4) is 0 Å². The number of sulfonamides is 1. The molecular weight excluding hydrogens is 405 g/mol. The maximum atomic E-state index is 12.9. The summed E-state index contributed by atoms with van der Waals surface area (Å²) in [5.74, 6) is -2.53. The Kier molecular flexibility index (Phi) is 6.12. The second-order valence-corrected chi connectivity index (χ2v) is 7.85. The fourth-order valence-corrected chi connectivity index (χ4v) is 3.93. The first-order valence-electron chi connectivity index (χ1n) is 7.16. The number of benzene rings is 2. The van der Waals surface area contributed by atoms with Gasteiger partial charge in [0, 0.05) is 11.6 Å². The largest absolute Gasteiger partial charge is 0.481 e. The first-order chi connectivity index (χ1) is 12.1. The minimum atomic E-state index is -4.15. The second-order valence-electron chi connectivity index (χ2n) is 5.14. The Morgan fingerprint density at radius 3 is 2.15 bits per heavy atom. The number of hydrogen-bond acceptors (Lipinski definition) is 4. The molecule has 0 aliphatic carbocycles. The van der Waals surface area contributed by atoms with E-state index in [1.807, 2.05) is 0 Å². The topological polar surface area (TPSA) is 112 Å². The first kappa shape index (κ1) is 20.0. The number of carbonyl (C=O) groups is 2. The molecule has 2 N–H and O–H groups in total. The molecule has 138 valence electrons. The van der Waals surface area contributed by atoms with E-state index in [4.69, 9.17) is 28.3 Å². The molecule has 0 fully saturated rings. The molecule has 26 heavy (non-hydrogen) atoms. The molecule has 0 aliphatic heterocycles. The Bertz CT molecular complexity index is 944. The van der Waals surface area contributed by atoms with Crippen LogP contribution in [-0.4, -0.2) is 37.1 Å². The van der Waals surface area contributed by atoms with E-state index in [-0.39, 0.29) is 27.7 Å². The number of nitrogens with zero attached hydrogens (tertiary/aromatic N) is 1. The van der Waals surface area contributed by atoms with E-state index in [2.05, 4.69) is 0 Å². The monoisotopic (exact) mass is 417 g/mol. The molecule has 0 heterocycles. The second kappa shape index (κ2) is 7.94. The molecule has 2 rings (SSSR count). The SMILES string of the molecule is O=C(O)CCN(c1ccc(Cl)c(C(=O)O)c1)S(=O)(=O)c1ccc(Cl)cc1. The summed E-state index contributed by atoms with van der Waals surface area (Å²) in [5, 5.41) is 18.4. The van der Waals surface area contributed by atoms with Gasteiger partial charge in [-0.15, -0.1) is 0 Å². The van der Waals surface area contributed by atoms with Crippen molar-refractivity contribution in [1.82, 2.24) is 0 Å². The minimum absolute atomic E-state index is 0.0111. The summed E-state index contributed by atoms with van der Waals surface area (Å²) >= 11 is 11.6. The molecule has 0 unspecified atom stereocenters. The highest BCUT2D eigenvalue weighted by Gasteiger charge is 2.26. The predicted octanol–water partition coefficient (Wildman–Crippen LogP) is 3.36. The number of rotatable bonds is 7. The van der Waals surface area contributed by atoms with Gasteiger partial charge in [-0.1, -0.05) is 23.2 Å². The van der Waals surface area contributed by atoms with E-state index in [1.54, 1.807) is 0 Å². The third-order valence-electron chi connectivity index (χ3n) is 3.40. The lowest BCUT2D eigenvalue weighted by Crippen LogP contribution is -2.33. The van der Waals surface area contributed by atoms with E-state index < -0.39 is 28.4 Å². The lowest BCUT2D eigenvalue weighted by molar-refractivity contribution is -0.136. The molecule has 7 nitrogen and oxygen atoms in total. The molecule has 2 aromatic carbocycles. The molecular formula is C16H13Cl2NO6S. The molecule has 0 saturated heterocycles. The van der Waals surface area contributed by atoms with Gasteiger partial charge in [0.1, 0.15) is 0 Å². The molecule has 2 aromatic rings. The quantitative estimate of drug-likeness (QED) is 0.713. The van der Waals surface area contributed by atoms with Crippen molar-refractivity contribution < 1.29 is 28.2 Å². The molecule has 0 amide bonds. The Morgan fingerprint density at radius 1 is 1.00 bits per heavy atom. The van der Waals surface area contributed by atoms with Gasteiger partial charge >= 0.3 is 11.9 Å². The van der Waals surface area contributed by atoms with Crippen LogP contribution in [0.1, 0.15) is 16.8 Å². The van der Waals surface area contributed by atoms with Crippen LogP contribution >= 0.6 is 23.2 Å². The van der Waals surface area contributed by atoms with Crippen LogP contribution in [-0.2, 0) is 14.8 Å². The van der Waals surface area contributed by atoms with Crippen LogP contribution in [0, 0.1) is 0 Å². The number of carboxylic acid groups (broad SMARTS) is 2. The van der Waals surface area contributed by atoms with Gasteiger partial charge < -0.3 is 10.2 Å². The average Bonchev–Trinajstić information content (AvgIpc) is 2.56. The zero-order valence-electron chi connectivity index (χ0n) is 13.1. The van der Waals surface area contributed by atoms with E-state index in [9.17, 15) is 23.1 Å². The standard InChI is InChI=1S/C16H13Cl2NO6S/c17-10-1-4-12(5-2-10)26(24,25)19(8-7-15(20)21)11-3-6-14(18)13(9-11)16(22)23/h1-6,9H,7-8H2,(H,20,21)(H,22,23). The number of anilines is 1. The molecule has 0 atom stereocenters. The molecule has 0 spiro atoms. The average molecular weight is 418 g/mol. The van der Waals surface area contributed by atoms with Gasteiger partial charge in [-0.2, -0.15) is 0 Å². The maximum Gasteiger partial charge on any atom is 0.337 e. The summed E-state index contributed by atoms with van der Waals surface area (Å²) in [7, 11) is -4.15. The van der Waals surface area contributed by atoms with Crippen LogP contribution < -0.4 is 4.31 Å². The van der Waals surface area contributed by atoms with Crippen molar-refractivity contribution >= 4 is 50.9 Å². The maximum absolute atomic E-state index is 12.9. The Balaban J connectivity index is 2.56. The van der Waals surface area contributed by atoms with Crippen molar-refractivity contribution in [3.63, 3.8) is 0 Å². The van der Waals surface area contributed by atoms with Gasteiger partial charge in [-0.25, -0.2) is 13.2 Å². The van der Waals surface area contributed by atoms with Gasteiger partial charge in [-0.05, 0) is 42.5 Å². The van der Waals surface area contributed by atoms with Crippen LogP contribution in [0.4, 0.5) is 5.69 Å². The van der Waals surface area contributed by atoms with Gasteiger partial charge in [0.25, 0.3) is 10.0 Å². The highest BCUT2D eigenvalue weighted by molar-refractivity contribution is 7.92. The van der Waals surface area contributed by atoms with E-state index in [0.29, 0.717) is 5.02 Å². The van der Waals surface area contributed by atoms with Crippen LogP contribution in [0.25, 0.3) is 0 Å². The van der Waals surface area contributed by atoms with Crippen molar-refractivity contribution in [2.75, 3.05) is 10.8 Å². The summed E-state index contributed by atoms with van der Waals surface area (Å²) in [5.41, 5.74) is -0.307. The Labute approximate surface area is 159 Å². The Hall–Kier alpha value is -2.29. The predicted molar refractivity (Wildman–Crippen MR) is 96.6 cm³/mol. The lowest BCUT2D eigenvalue weighted by Gasteiger charge is -2.24. The van der Waals surface area contributed by atoms with Crippen LogP contribution in [0.15, 0.2) is 47.4 Å². The summed E-state index contributed by atoms with van der Waals surface area (Å²) in [6.45, 7) is -0.388. The van der Waals surface area contributed by atoms with Crippen LogP contribution in [0.2, 0.25) is 10.0 Å². The number of aromatic carboxylic acids is 1. The summed E-state index contributed by atoms with van der Waals surface area (Å²) in [4.78, 5) is 22.1. The molecule has 0 aliphatic rings. The van der Waals surface area contributed by atoms with Crippen molar-refractivity contribution in [2.24, 2.45) is 0 Å². The third kappa shape index (κ3) is 4.46.